The largest absolute Gasteiger partial charge is 0.379 e. The molecule has 0 fully saturated rings. The van der Waals surface area contributed by atoms with Gasteiger partial charge in [-0.1, -0.05) is 35.5 Å². The fourth-order valence-electron chi connectivity index (χ4n) is 7.14. The second-order valence-electron chi connectivity index (χ2n) is 13.2. The van der Waals surface area contributed by atoms with Crippen LogP contribution in [0.15, 0.2) is 80.5 Å². The molecule has 0 unspecified atom stereocenters. The zero-order valence-electron chi connectivity index (χ0n) is 26.5. The van der Waals surface area contributed by atoms with Gasteiger partial charge in [0.1, 0.15) is 0 Å². The van der Waals surface area contributed by atoms with Gasteiger partial charge in [0.2, 0.25) is 11.1 Å². The summed E-state index contributed by atoms with van der Waals surface area (Å²) in [4.78, 5) is 28.8. The highest BCUT2D eigenvalue weighted by molar-refractivity contribution is 5.50. The van der Waals surface area contributed by atoms with Gasteiger partial charge < -0.3 is 26.2 Å². The van der Waals surface area contributed by atoms with E-state index in [2.05, 4.69) is 62.0 Å². The Kier molecular flexibility index (Phi) is 8.89. The van der Waals surface area contributed by atoms with E-state index in [1.165, 1.54) is 22.3 Å². The molecule has 0 saturated heterocycles. The Labute approximate surface area is 249 Å². The van der Waals surface area contributed by atoms with Crippen molar-refractivity contribution in [1.82, 2.24) is 9.97 Å². The molecule has 0 saturated carbocycles. The summed E-state index contributed by atoms with van der Waals surface area (Å²) in [5.41, 5.74) is 21.9. The predicted molar refractivity (Wildman–Crippen MR) is 171 cm³/mol. The van der Waals surface area contributed by atoms with Crippen LogP contribution >= 0.6 is 0 Å². The number of H-pyrrole nitrogens is 2. The highest BCUT2D eigenvalue weighted by Crippen LogP contribution is 2.48. The molecule has 4 bridgehead atoms. The quantitative estimate of drug-likeness (QED) is 0.313. The molecule has 4 aliphatic carbocycles. The first-order valence-electron chi connectivity index (χ1n) is 14.9. The number of hydrogen-bond acceptors (Lipinski definition) is 5. The number of hydrogen-bond donors (Lipinski definition) is 4. The Hall–Kier alpha value is -3.26. The molecule has 4 atom stereocenters. The monoisotopic (exact) mass is 572 g/mol. The Morgan fingerprint density at radius 2 is 1.14 bits per heavy atom. The van der Waals surface area contributed by atoms with E-state index in [9.17, 15) is 9.59 Å². The van der Waals surface area contributed by atoms with Crippen LogP contribution in [0.5, 0.6) is 0 Å². The third kappa shape index (κ3) is 6.10. The van der Waals surface area contributed by atoms with Crippen molar-refractivity contribution < 1.29 is 4.74 Å². The van der Waals surface area contributed by atoms with Crippen LogP contribution in [0, 0.1) is 11.8 Å². The molecular formula is C35H48N4O3. The zero-order valence-corrected chi connectivity index (χ0v) is 26.5. The molecule has 2 aromatic heterocycles. The first-order chi connectivity index (χ1) is 19.6. The Bertz CT molecular complexity index is 1470. The van der Waals surface area contributed by atoms with Crippen molar-refractivity contribution >= 4 is 0 Å². The zero-order chi connectivity index (χ0) is 31.0. The molecule has 6 N–H and O–H groups in total. The molecule has 0 aliphatic heterocycles. The fraction of sp³-hybridized carbons (Fsp3) is 0.486. The second-order valence-corrected chi connectivity index (χ2v) is 13.2. The third-order valence-corrected chi connectivity index (χ3v) is 8.96. The standard InChI is InChI=1S/2C15H18N2O.C5H12O/c2*1-3-11-10-6-9(2)8-15(11,16)12-4-5-14(18)17-13(12)7-10;1-5(2,3)6-4/h2*3-6,10H,7-8,16H2,1-2H3,(H,17,18);1-4H3/b2*11-3+;/t2*10-,15+;/m00./s1. The minimum Gasteiger partial charge on any atom is -0.379 e. The smallest absolute Gasteiger partial charge is 0.248 e. The first-order valence-corrected chi connectivity index (χ1v) is 14.9. The van der Waals surface area contributed by atoms with Crippen LogP contribution in [0.2, 0.25) is 0 Å². The van der Waals surface area contributed by atoms with E-state index < -0.39 is 11.1 Å². The summed E-state index contributed by atoms with van der Waals surface area (Å²) >= 11 is 0. The van der Waals surface area contributed by atoms with E-state index >= 15 is 0 Å². The molecule has 0 amide bonds. The van der Waals surface area contributed by atoms with E-state index in [4.69, 9.17) is 16.2 Å². The fourth-order valence-corrected chi connectivity index (χ4v) is 7.14. The number of nitrogens with one attached hydrogen (secondary N) is 2. The minimum atomic E-state index is -0.434. The van der Waals surface area contributed by atoms with Crippen molar-refractivity contribution in [3.8, 4) is 0 Å². The van der Waals surface area contributed by atoms with Crippen LogP contribution in [0.1, 0.15) is 83.8 Å². The lowest BCUT2D eigenvalue weighted by Crippen LogP contribution is -2.48. The normalized spacial score (nSPS) is 29.2. The van der Waals surface area contributed by atoms with E-state index in [1.807, 2.05) is 32.9 Å². The highest BCUT2D eigenvalue weighted by Gasteiger charge is 2.44. The van der Waals surface area contributed by atoms with Crippen molar-refractivity contribution in [3.05, 3.63) is 114 Å². The lowest BCUT2D eigenvalue weighted by atomic mass is 9.63. The third-order valence-electron chi connectivity index (χ3n) is 8.96. The van der Waals surface area contributed by atoms with Crippen LogP contribution in [0.4, 0.5) is 0 Å². The predicted octanol–water partition coefficient (Wildman–Crippen LogP) is 5.43. The number of aromatic nitrogens is 2. The number of aromatic amines is 2. The van der Waals surface area contributed by atoms with Gasteiger partial charge in [-0.3, -0.25) is 9.59 Å². The van der Waals surface area contributed by atoms with Crippen molar-refractivity contribution in [2.75, 3.05) is 7.11 Å². The maximum Gasteiger partial charge on any atom is 0.248 e. The van der Waals surface area contributed by atoms with E-state index in [0.717, 1.165) is 48.2 Å². The van der Waals surface area contributed by atoms with E-state index in [1.54, 1.807) is 19.2 Å². The van der Waals surface area contributed by atoms with Crippen LogP contribution in [0.3, 0.4) is 0 Å². The summed E-state index contributed by atoms with van der Waals surface area (Å²) in [5, 5.41) is 0. The number of ether oxygens (including phenoxy) is 1. The average molecular weight is 573 g/mol. The highest BCUT2D eigenvalue weighted by atomic mass is 16.5. The van der Waals surface area contributed by atoms with Gasteiger partial charge in [0.25, 0.3) is 0 Å². The molecule has 7 heteroatoms. The minimum absolute atomic E-state index is 0.0416. The Morgan fingerprint density at radius 1 is 0.786 bits per heavy atom. The number of fused-ring (bicyclic) bond motifs is 8. The van der Waals surface area contributed by atoms with Crippen molar-refractivity contribution in [2.45, 2.75) is 90.8 Å². The number of rotatable bonds is 0. The van der Waals surface area contributed by atoms with Gasteiger partial charge in [-0.25, -0.2) is 0 Å². The molecule has 6 rings (SSSR count). The van der Waals surface area contributed by atoms with Crippen LogP contribution in [-0.2, 0) is 28.7 Å². The summed E-state index contributed by atoms with van der Waals surface area (Å²) in [6, 6.07) is 6.95. The average Bonchev–Trinajstić information content (AvgIpc) is 2.87. The molecule has 42 heavy (non-hydrogen) atoms. The summed E-state index contributed by atoms with van der Waals surface area (Å²) in [5.74, 6) is 0.665. The van der Waals surface area contributed by atoms with Crippen LogP contribution in [-0.4, -0.2) is 22.7 Å². The maximum absolute atomic E-state index is 11.5. The molecule has 2 heterocycles. The summed E-state index contributed by atoms with van der Waals surface area (Å²) in [6.45, 7) is 14.4. The second kappa shape index (κ2) is 11.8. The molecule has 0 radical (unpaired) electrons. The van der Waals surface area contributed by atoms with Gasteiger partial charge in [-0.05, 0) is 109 Å². The van der Waals surface area contributed by atoms with Gasteiger partial charge in [0.05, 0.1) is 16.7 Å². The topological polar surface area (TPSA) is 127 Å². The van der Waals surface area contributed by atoms with Crippen molar-refractivity contribution in [3.63, 3.8) is 0 Å². The van der Waals surface area contributed by atoms with Gasteiger partial charge in [-0.2, -0.15) is 0 Å². The number of nitrogens with two attached hydrogens (primary N) is 2. The van der Waals surface area contributed by atoms with E-state index in [0.29, 0.717) is 11.8 Å². The lowest BCUT2D eigenvalue weighted by Gasteiger charge is -2.45. The summed E-state index contributed by atoms with van der Waals surface area (Å²) < 4.78 is 4.94. The molecule has 226 valence electrons. The molecule has 0 aromatic carbocycles. The lowest BCUT2D eigenvalue weighted by molar-refractivity contribution is 0.0397. The molecule has 4 aliphatic rings. The summed E-state index contributed by atoms with van der Waals surface area (Å²) in [7, 11) is 1.71. The van der Waals surface area contributed by atoms with Gasteiger partial charge in [-0.15, -0.1) is 0 Å². The molecule has 7 nitrogen and oxygen atoms in total. The molecular weight excluding hydrogens is 524 g/mol. The van der Waals surface area contributed by atoms with Gasteiger partial charge in [0.15, 0.2) is 0 Å². The number of methoxy groups -OCH3 is 1. The molecule has 0 spiro atoms. The first kappa shape index (κ1) is 31.7. The number of allylic oxidation sites excluding steroid dienone is 4. The van der Waals surface area contributed by atoms with Crippen LogP contribution in [0.25, 0.3) is 0 Å². The SMILES string of the molecule is C/C=C1\[C@H]2C=C(C)C[C@]1(N)c1ccc(=O)[nH]c1C2.C/C=C1\[C@H]2C=C(C)C[C@]1(N)c1ccc(=O)[nH]c1C2.COC(C)(C)C. The van der Waals surface area contributed by atoms with Crippen molar-refractivity contribution in [2.24, 2.45) is 23.3 Å². The maximum atomic E-state index is 11.5. The van der Waals surface area contributed by atoms with Gasteiger partial charge >= 0.3 is 0 Å². The van der Waals surface area contributed by atoms with Crippen LogP contribution < -0.4 is 22.6 Å². The Balaban J connectivity index is 0.000000162. The van der Waals surface area contributed by atoms with E-state index in [-0.39, 0.29) is 16.7 Å². The van der Waals surface area contributed by atoms with Crippen molar-refractivity contribution in [1.29, 1.82) is 0 Å². The number of pyridine rings is 2. The Morgan fingerprint density at radius 3 is 1.45 bits per heavy atom. The molecule has 2 aromatic rings. The van der Waals surface area contributed by atoms with Gasteiger partial charge in [0, 0.05) is 42.5 Å². The summed E-state index contributed by atoms with van der Waals surface area (Å²) in [6.07, 6.45) is 12.2.